The van der Waals surface area contributed by atoms with Crippen LogP contribution in [-0.2, 0) is 0 Å². The first-order chi connectivity index (χ1) is 14.9. The standard InChI is InChI=1S/C30H40O/c1-5-6-7-8-9-10-11-12-22(2)26-15-16-27-25-14-13-23-21-24(31)17-19-29(23,3)28(25)18-20-30(26,27)4/h13,22,24-28,31H,11-12,14-21H2,1-4H3/t22-,24+,25+,26-,27+,28+,29+,30-/m1/s1. The molecular formula is C30H40O. The van der Waals surface area contributed by atoms with Gasteiger partial charge in [0.2, 0.25) is 0 Å². The lowest BCUT2D eigenvalue weighted by Crippen LogP contribution is -2.50. The van der Waals surface area contributed by atoms with Gasteiger partial charge in [-0.15, -0.1) is 0 Å². The van der Waals surface area contributed by atoms with E-state index in [0.717, 1.165) is 48.9 Å². The average Bonchev–Trinajstić information content (AvgIpc) is 3.11. The van der Waals surface area contributed by atoms with Crippen LogP contribution in [0.1, 0.15) is 91.9 Å². The largest absolute Gasteiger partial charge is 0.393 e. The molecule has 4 rings (SSSR count). The van der Waals surface area contributed by atoms with E-state index in [9.17, 15) is 5.11 Å². The van der Waals surface area contributed by atoms with Crippen LogP contribution in [-0.4, -0.2) is 11.2 Å². The summed E-state index contributed by atoms with van der Waals surface area (Å²) < 4.78 is 0. The minimum atomic E-state index is -0.102. The van der Waals surface area contributed by atoms with Crippen molar-refractivity contribution in [1.29, 1.82) is 0 Å². The third-order valence-corrected chi connectivity index (χ3v) is 9.96. The fourth-order valence-corrected chi connectivity index (χ4v) is 8.35. The molecule has 0 spiro atoms. The van der Waals surface area contributed by atoms with Crippen molar-refractivity contribution in [2.24, 2.45) is 40.4 Å². The molecule has 3 saturated carbocycles. The molecule has 1 nitrogen and oxygen atoms in total. The quantitative estimate of drug-likeness (QED) is 0.418. The van der Waals surface area contributed by atoms with Gasteiger partial charge in [0.05, 0.1) is 6.10 Å². The highest BCUT2D eigenvalue weighted by Crippen LogP contribution is 2.67. The Morgan fingerprint density at radius 1 is 1.03 bits per heavy atom. The molecule has 0 aromatic carbocycles. The Balaban J connectivity index is 1.43. The van der Waals surface area contributed by atoms with Crippen LogP contribution in [0.25, 0.3) is 0 Å². The zero-order valence-corrected chi connectivity index (χ0v) is 20.1. The molecule has 4 aliphatic carbocycles. The molecule has 0 radical (unpaired) electrons. The zero-order valence-electron chi connectivity index (χ0n) is 20.1. The summed E-state index contributed by atoms with van der Waals surface area (Å²) in [6.45, 7) is 9.44. The number of allylic oxidation sites excluding steroid dienone is 1. The number of fused-ring (bicyclic) bond motifs is 5. The van der Waals surface area contributed by atoms with Crippen LogP contribution >= 0.6 is 0 Å². The van der Waals surface area contributed by atoms with Gasteiger partial charge in [0, 0.05) is 6.42 Å². The summed E-state index contributed by atoms with van der Waals surface area (Å²) in [5, 5.41) is 10.2. The van der Waals surface area contributed by atoms with Gasteiger partial charge in [0.15, 0.2) is 0 Å². The van der Waals surface area contributed by atoms with Gasteiger partial charge in [0.25, 0.3) is 0 Å². The molecule has 0 saturated heterocycles. The molecule has 0 aromatic heterocycles. The van der Waals surface area contributed by atoms with Crippen molar-refractivity contribution in [3.05, 3.63) is 11.6 Å². The Labute approximate surface area is 190 Å². The van der Waals surface area contributed by atoms with E-state index in [1.807, 2.05) is 0 Å². The summed E-state index contributed by atoms with van der Waals surface area (Å²) in [4.78, 5) is 0. The van der Waals surface area contributed by atoms with Gasteiger partial charge < -0.3 is 5.11 Å². The third kappa shape index (κ3) is 4.10. The van der Waals surface area contributed by atoms with E-state index in [2.05, 4.69) is 62.4 Å². The summed E-state index contributed by atoms with van der Waals surface area (Å²) in [5.41, 5.74) is 2.44. The van der Waals surface area contributed by atoms with Gasteiger partial charge in [-0.2, -0.15) is 0 Å². The highest BCUT2D eigenvalue weighted by molar-refractivity contribution is 5.35. The molecule has 0 aromatic rings. The molecule has 4 aliphatic rings. The molecule has 0 heterocycles. The van der Waals surface area contributed by atoms with E-state index in [1.54, 1.807) is 12.5 Å². The molecule has 1 heteroatoms. The maximum absolute atomic E-state index is 10.2. The molecule has 8 atom stereocenters. The van der Waals surface area contributed by atoms with Crippen molar-refractivity contribution in [2.75, 3.05) is 0 Å². The van der Waals surface area contributed by atoms with Gasteiger partial charge in [0.1, 0.15) is 0 Å². The second-order valence-electron chi connectivity index (χ2n) is 11.3. The minimum absolute atomic E-state index is 0.102. The molecule has 3 fully saturated rings. The monoisotopic (exact) mass is 416 g/mol. The van der Waals surface area contributed by atoms with Crippen LogP contribution in [0, 0.1) is 75.9 Å². The molecule has 0 unspecified atom stereocenters. The van der Waals surface area contributed by atoms with Crippen molar-refractivity contribution in [3.8, 4) is 35.5 Å². The number of aliphatic hydroxyl groups excluding tert-OH is 1. The Bertz CT molecular complexity index is 892. The SMILES string of the molecule is CC#CC#CC#CCC[C@@H](C)[C@H]1CC[C@H]2[C@@H]3CC=C4C[C@@H](O)CC[C@]4(C)[C@H]3CC[C@]12C. The summed E-state index contributed by atoms with van der Waals surface area (Å²) >= 11 is 0. The van der Waals surface area contributed by atoms with E-state index >= 15 is 0 Å². The molecule has 0 aliphatic heterocycles. The molecule has 166 valence electrons. The fourth-order valence-electron chi connectivity index (χ4n) is 8.35. The first-order valence-electron chi connectivity index (χ1n) is 12.7. The maximum atomic E-state index is 10.2. The van der Waals surface area contributed by atoms with Gasteiger partial charge in [-0.3, -0.25) is 0 Å². The van der Waals surface area contributed by atoms with Crippen molar-refractivity contribution in [1.82, 2.24) is 0 Å². The normalized spacial score (nSPS) is 41.5. The highest BCUT2D eigenvalue weighted by Gasteiger charge is 2.59. The Morgan fingerprint density at radius 2 is 1.84 bits per heavy atom. The van der Waals surface area contributed by atoms with Crippen LogP contribution in [0.2, 0.25) is 0 Å². The van der Waals surface area contributed by atoms with Crippen molar-refractivity contribution >= 4 is 0 Å². The predicted molar refractivity (Wildman–Crippen MR) is 129 cm³/mol. The summed E-state index contributed by atoms with van der Waals surface area (Å²) in [6.07, 6.45) is 14.6. The lowest BCUT2D eigenvalue weighted by atomic mass is 9.47. The Morgan fingerprint density at radius 3 is 2.65 bits per heavy atom. The van der Waals surface area contributed by atoms with Crippen LogP contribution in [0.5, 0.6) is 0 Å². The van der Waals surface area contributed by atoms with Crippen LogP contribution in [0.4, 0.5) is 0 Å². The van der Waals surface area contributed by atoms with Crippen molar-refractivity contribution in [3.63, 3.8) is 0 Å². The lowest BCUT2D eigenvalue weighted by molar-refractivity contribution is -0.0570. The van der Waals surface area contributed by atoms with Crippen LogP contribution in [0.15, 0.2) is 11.6 Å². The van der Waals surface area contributed by atoms with E-state index in [0.29, 0.717) is 10.8 Å². The van der Waals surface area contributed by atoms with Crippen molar-refractivity contribution in [2.45, 2.75) is 98.0 Å². The summed E-state index contributed by atoms with van der Waals surface area (Å²) in [5.74, 6) is 21.5. The fraction of sp³-hybridized carbons (Fsp3) is 0.733. The van der Waals surface area contributed by atoms with Crippen molar-refractivity contribution < 1.29 is 5.11 Å². The minimum Gasteiger partial charge on any atom is -0.393 e. The van der Waals surface area contributed by atoms with Gasteiger partial charge in [-0.1, -0.05) is 44.3 Å². The summed E-state index contributed by atoms with van der Waals surface area (Å²) in [7, 11) is 0. The average molecular weight is 417 g/mol. The molecule has 0 bridgehead atoms. The van der Waals surface area contributed by atoms with Gasteiger partial charge >= 0.3 is 0 Å². The van der Waals surface area contributed by atoms with E-state index < -0.39 is 0 Å². The van der Waals surface area contributed by atoms with Gasteiger partial charge in [-0.05, 0) is 129 Å². The first kappa shape index (κ1) is 22.6. The summed E-state index contributed by atoms with van der Waals surface area (Å²) in [6, 6.07) is 0. The number of hydrogen-bond acceptors (Lipinski definition) is 1. The molecule has 31 heavy (non-hydrogen) atoms. The van der Waals surface area contributed by atoms with E-state index in [4.69, 9.17) is 0 Å². The number of rotatable bonds is 3. The van der Waals surface area contributed by atoms with E-state index in [-0.39, 0.29) is 6.10 Å². The maximum Gasteiger partial charge on any atom is 0.0577 e. The number of hydrogen-bond donors (Lipinski definition) is 1. The highest BCUT2D eigenvalue weighted by atomic mass is 16.3. The molecule has 0 amide bonds. The third-order valence-electron chi connectivity index (χ3n) is 9.96. The Hall–Kier alpha value is -1.62. The lowest BCUT2D eigenvalue weighted by Gasteiger charge is -2.58. The molecular weight excluding hydrogens is 376 g/mol. The first-order valence-corrected chi connectivity index (χ1v) is 12.7. The van der Waals surface area contributed by atoms with E-state index in [1.165, 1.54) is 44.9 Å². The molecule has 1 N–H and O–H groups in total. The second kappa shape index (κ2) is 9.09. The van der Waals surface area contributed by atoms with Gasteiger partial charge in [-0.25, -0.2) is 0 Å². The topological polar surface area (TPSA) is 20.2 Å². The predicted octanol–water partition coefficient (Wildman–Crippen LogP) is 6.37. The van der Waals surface area contributed by atoms with Crippen LogP contribution < -0.4 is 0 Å². The Kier molecular flexibility index (Phi) is 6.62. The zero-order chi connectivity index (χ0) is 22.1. The smallest absolute Gasteiger partial charge is 0.0577 e. The van der Waals surface area contributed by atoms with Crippen LogP contribution in [0.3, 0.4) is 0 Å². The number of aliphatic hydroxyl groups is 1. The second-order valence-corrected chi connectivity index (χ2v) is 11.3.